The van der Waals surface area contributed by atoms with Crippen LogP contribution in [0.5, 0.6) is 5.75 Å². The Kier molecular flexibility index (Phi) is 6.40. The van der Waals surface area contributed by atoms with Crippen LogP contribution in [0.1, 0.15) is 27.2 Å². The number of carbonyl (C=O) groups excluding carboxylic acids is 1. The summed E-state index contributed by atoms with van der Waals surface area (Å²) in [7, 11) is 0. The molecule has 8 heteroatoms. The highest BCUT2D eigenvalue weighted by molar-refractivity contribution is 5.70. The second-order valence-electron chi connectivity index (χ2n) is 6.01. The lowest BCUT2D eigenvalue weighted by atomic mass is 10.1. The van der Waals surface area contributed by atoms with Crippen molar-refractivity contribution in [1.29, 1.82) is 0 Å². The van der Waals surface area contributed by atoms with Gasteiger partial charge >= 0.3 is 5.97 Å². The molecule has 0 fully saturated rings. The Labute approximate surface area is 132 Å². The number of hydrogen-bond donors (Lipinski definition) is 2. The van der Waals surface area contributed by atoms with Crippen LogP contribution in [-0.4, -0.2) is 35.4 Å². The summed E-state index contributed by atoms with van der Waals surface area (Å²) in [6.45, 7) is 4.41. The molecule has 2 atom stereocenters. The monoisotopic (exact) mass is 335 g/mol. The third kappa shape index (κ3) is 6.07. The molecule has 130 valence electrons. The lowest BCUT2D eigenvalue weighted by Crippen LogP contribution is -2.41. The van der Waals surface area contributed by atoms with E-state index >= 15 is 0 Å². The first-order valence-corrected chi connectivity index (χ1v) is 6.93. The largest absolute Gasteiger partial charge is 0.485 e. The minimum absolute atomic E-state index is 0.310. The van der Waals surface area contributed by atoms with E-state index in [1.165, 1.54) is 0 Å². The molecule has 1 rings (SSSR count). The standard InChI is InChI=1S/C15H20F3NO4/c1-15(2,3)23-12(21)6-10(19)11(20)7-22-14-9(17)5-4-8(16)13(14)18/h4-5,10-11,20H,6-7,19H2,1-3H3/t10-,11?/m0/s1. The molecule has 0 bridgehead atoms. The number of aliphatic hydroxyl groups excluding tert-OH is 1. The molecule has 5 nitrogen and oxygen atoms in total. The van der Waals surface area contributed by atoms with E-state index in [0.29, 0.717) is 12.1 Å². The number of esters is 1. The summed E-state index contributed by atoms with van der Waals surface area (Å²) in [4.78, 5) is 11.6. The average molecular weight is 335 g/mol. The van der Waals surface area contributed by atoms with E-state index in [9.17, 15) is 23.1 Å². The maximum absolute atomic E-state index is 13.4. The predicted molar refractivity (Wildman–Crippen MR) is 76.3 cm³/mol. The van der Waals surface area contributed by atoms with Crippen molar-refractivity contribution in [1.82, 2.24) is 0 Å². The van der Waals surface area contributed by atoms with Crippen molar-refractivity contribution in [3.05, 3.63) is 29.6 Å². The minimum atomic E-state index is -1.50. The summed E-state index contributed by atoms with van der Waals surface area (Å²) in [5.74, 6) is -5.48. The maximum Gasteiger partial charge on any atom is 0.307 e. The molecule has 0 aliphatic carbocycles. The van der Waals surface area contributed by atoms with Crippen LogP contribution >= 0.6 is 0 Å². The molecule has 0 saturated carbocycles. The second kappa shape index (κ2) is 7.65. The first-order valence-electron chi connectivity index (χ1n) is 6.93. The molecule has 3 N–H and O–H groups in total. The smallest absolute Gasteiger partial charge is 0.307 e. The zero-order chi connectivity index (χ0) is 17.8. The third-order valence-corrected chi connectivity index (χ3v) is 2.72. The van der Waals surface area contributed by atoms with Gasteiger partial charge in [0.2, 0.25) is 5.82 Å². The number of carbonyl (C=O) groups is 1. The van der Waals surface area contributed by atoms with Gasteiger partial charge in [-0.25, -0.2) is 8.78 Å². The molecule has 0 heterocycles. The Morgan fingerprint density at radius 1 is 1.26 bits per heavy atom. The summed E-state index contributed by atoms with van der Waals surface area (Å²) in [6, 6.07) is 0.243. The van der Waals surface area contributed by atoms with Gasteiger partial charge in [0.15, 0.2) is 17.4 Å². The van der Waals surface area contributed by atoms with Gasteiger partial charge in [-0.2, -0.15) is 4.39 Å². The van der Waals surface area contributed by atoms with Gasteiger partial charge in [-0.3, -0.25) is 4.79 Å². The first-order chi connectivity index (χ1) is 10.5. The molecule has 0 saturated heterocycles. The topological polar surface area (TPSA) is 81.8 Å². The van der Waals surface area contributed by atoms with Crippen molar-refractivity contribution in [2.24, 2.45) is 5.73 Å². The minimum Gasteiger partial charge on any atom is -0.485 e. The SMILES string of the molecule is CC(C)(C)OC(=O)C[C@H](N)C(O)COc1c(F)ccc(F)c1F. The van der Waals surface area contributed by atoms with Crippen molar-refractivity contribution < 1.29 is 32.5 Å². The van der Waals surface area contributed by atoms with Crippen LogP contribution in [0.2, 0.25) is 0 Å². The van der Waals surface area contributed by atoms with Crippen LogP contribution in [-0.2, 0) is 9.53 Å². The van der Waals surface area contributed by atoms with Crippen LogP contribution in [0, 0.1) is 17.5 Å². The van der Waals surface area contributed by atoms with Gasteiger partial charge < -0.3 is 20.3 Å². The molecule has 0 aromatic heterocycles. The Morgan fingerprint density at radius 2 is 1.83 bits per heavy atom. The van der Waals surface area contributed by atoms with E-state index in [0.717, 1.165) is 0 Å². The van der Waals surface area contributed by atoms with Crippen molar-refractivity contribution in [3.63, 3.8) is 0 Å². The maximum atomic E-state index is 13.4. The van der Waals surface area contributed by atoms with E-state index in [-0.39, 0.29) is 6.42 Å². The molecule has 0 aliphatic rings. The third-order valence-electron chi connectivity index (χ3n) is 2.72. The van der Waals surface area contributed by atoms with Gasteiger partial charge in [-0.05, 0) is 32.9 Å². The zero-order valence-corrected chi connectivity index (χ0v) is 13.1. The Morgan fingerprint density at radius 3 is 2.39 bits per heavy atom. The fourth-order valence-electron chi connectivity index (χ4n) is 1.64. The van der Waals surface area contributed by atoms with Crippen LogP contribution in [0.15, 0.2) is 12.1 Å². The summed E-state index contributed by atoms with van der Waals surface area (Å²) in [6.07, 6.45) is -1.71. The van der Waals surface area contributed by atoms with Gasteiger partial charge in [0.25, 0.3) is 0 Å². The Bertz CT molecular complexity index is 560. The number of hydrogen-bond acceptors (Lipinski definition) is 5. The van der Waals surface area contributed by atoms with E-state index < -0.39 is 53.5 Å². The second-order valence-corrected chi connectivity index (χ2v) is 6.01. The molecule has 1 aromatic carbocycles. The van der Waals surface area contributed by atoms with Crippen molar-refractivity contribution in [3.8, 4) is 5.75 Å². The van der Waals surface area contributed by atoms with Gasteiger partial charge in [-0.1, -0.05) is 0 Å². The van der Waals surface area contributed by atoms with Crippen molar-refractivity contribution >= 4 is 5.97 Å². The molecule has 0 aliphatic heterocycles. The fourth-order valence-corrected chi connectivity index (χ4v) is 1.64. The zero-order valence-electron chi connectivity index (χ0n) is 13.1. The highest BCUT2D eigenvalue weighted by Crippen LogP contribution is 2.24. The molecular formula is C15H20F3NO4. The number of nitrogens with two attached hydrogens (primary N) is 1. The highest BCUT2D eigenvalue weighted by Gasteiger charge is 2.24. The van der Waals surface area contributed by atoms with E-state index in [4.69, 9.17) is 15.2 Å². The fraction of sp³-hybridized carbons (Fsp3) is 0.533. The summed E-state index contributed by atoms with van der Waals surface area (Å²) in [5.41, 5.74) is 4.91. The first kappa shape index (κ1) is 19.2. The quantitative estimate of drug-likeness (QED) is 0.613. The lowest BCUT2D eigenvalue weighted by molar-refractivity contribution is -0.156. The summed E-state index contributed by atoms with van der Waals surface area (Å²) < 4.78 is 49.5. The van der Waals surface area contributed by atoms with Gasteiger partial charge in [0.05, 0.1) is 6.42 Å². The average Bonchev–Trinajstić information content (AvgIpc) is 2.40. The number of aliphatic hydroxyl groups is 1. The number of rotatable bonds is 6. The Hall–Kier alpha value is -1.80. The predicted octanol–water partition coefficient (Wildman–Crippen LogP) is 1.90. The molecule has 1 unspecified atom stereocenters. The van der Waals surface area contributed by atoms with Gasteiger partial charge in [-0.15, -0.1) is 0 Å². The molecule has 1 aromatic rings. The van der Waals surface area contributed by atoms with Crippen LogP contribution in [0.4, 0.5) is 13.2 Å². The molecule has 0 amide bonds. The van der Waals surface area contributed by atoms with Crippen molar-refractivity contribution in [2.45, 2.75) is 44.9 Å². The molecular weight excluding hydrogens is 315 g/mol. The summed E-state index contributed by atoms with van der Waals surface area (Å²) in [5, 5.41) is 9.78. The van der Waals surface area contributed by atoms with E-state index in [1.54, 1.807) is 20.8 Å². The van der Waals surface area contributed by atoms with E-state index in [1.807, 2.05) is 0 Å². The van der Waals surface area contributed by atoms with Crippen LogP contribution in [0.3, 0.4) is 0 Å². The molecule has 0 radical (unpaired) electrons. The number of ether oxygens (including phenoxy) is 2. The summed E-state index contributed by atoms with van der Waals surface area (Å²) >= 11 is 0. The van der Waals surface area contributed by atoms with E-state index in [2.05, 4.69) is 0 Å². The number of halogens is 3. The van der Waals surface area contributed by atoms with Crippen LogP contribution < -0.4 is 10.5 Å². The van der Waals surface area contributed by atoms with Crippen LogP contribution in [0.25, 0.3) is 0 Å². The van der Waals surface area contributed by atoms with Gasteiger partial charge in [0, 0.05) is 6.04 Å². The highest BCUT2D eigenvalue weighted by atomic mass is 19.2. The molecule has 23 heavy (non-hydrogen) atoms. The van der Waals surface area contributed by atoms with Gasteiger partial charge in [0.1, 0.15) is 18.3 Å². The molecule has 0 spiro atoms. The lowest BCUT2D eigenvalue weighted by Gasteiger charge is -2.23. The number of benzene rings is 1. The normalized spacial score (nSPS) is 14.3. The van der Waals surface area contributed by atoms with Crippen molar-refractivity contribution in [2.75, 3.05) is 6.61 Å². The Balaban J connectivity index is 2.58.